The van der Waals surface area contributed by atoms with E-state index in [9.17, 15) is 0 Å². The molecular weight excluding hydrogens is 622 g/mol. The van der Waals surface area contributed by atoms with E-state index >= 15 is 0 Å². The molecule has 0 fully saturated rings. The third-order valence-electron chi connectivity index (χ3n) is 8.42. The summed E-state index contributed by atoms with van der Waals surface area (Å²) in [5.41, 5.74) is 6.60. The van der Waals surface area contributed by atoms with Gasteiger partial charge in [-0.3, -0.25) is 4.90 Å². The van der Waals surface area contributed by atoms with Crippen LogP contribution in [0.15, 0.2) is 150 Å². The molecule has 3 nitrogen and oxygen atoms in total. The van der Waals surface area contributed by atoms with Gasteiger partial charge in [0.2, 0.25) is 0 Å². The van der Waals surface area contributed by atoms with Crippen LogP contribution in [0.2, 0.25) is 0 Å². The normalized spacial score (nSPS) is 11.8. The van der Waals surface area contributed by atoms with Gasteiger partial charge in [-0.2, -0.15) is 0 Å². The van der Waals surface area contributed by atoms with Gasteiger partial charge in [-0.05, 0) is 88.7 Å². The van der Waals surface area contributed by atoms with Gasteiger partial charge < -0.3 is 4.57 Å². The number of halogens is 1. The van der Waals surface area contributed by atoms with Crippen molar-refractivity contribution >= 4 is 97.3 Å². The van der Waals surface area contributed by atoms with Crippen molar-refractivity contribution in [2.24, 2.45) is 0 Å². The number of hydrogen-bond acceptors (Lipinski definition) is 3. The van der Waals surface area contributed by atoms with Crippen LogP contribution in [0.25, 0.3) is 58.6 Å². The monoisotopic (exact) mass is 645 g/mol. The fraction of sp³-hybridized carbons (Fsp3) is 0. The van der Waals surface area contributed by atoms with Gasteiger partial charge in [0.25, 0.3) is 0 Å². The van der Waals surface area contributed by atoms with Crippen molar-refractivity contribution in [3.8, 4) is 5.69 Å². The molecule has 0 saturated heterocycles. The number of thiophene rings is 1. The molecule has 44 heavy (non-hydrogen) atoms. The van der Waals surface area contributed by atoms with Crippen LogP contribution in [0.5, 0.6) is 0 Å². The van der Waals surface area contributed by atoms with E-state index in [1.165, 1.54) is 42.0 Å². The molecular formula is C39H24BrN3S. The Morgan fingerprint density at radius 2 is 1.30 bits per heavy atom. The summed E-state index contributed by atoms with van der Waals surface area (Å²) >= 11 is 5.76. The number of hydrogen-bond donors (Lipinski definition) is 0. The van der Waals surface area contributed by atoms with Crippen LogP contribution in [-0.2, 0) is 0 Å². The van der Waals surface area contributed by atoms with E-state index in [4.69, 9.17) is 4.98 Å². The van der Waals surface area contributed by atoms with Crippen LogP contribution in [0.1, 0.15) is 0 Å². The molecule has 0 bridgehead atoms. The van der Waals surface area contributed by atoms with Gasteiger partial charge >= 0.3 is 0 Å². The predicted molar refractivity (Wildman–Crippen MR) is 191 cm³/mol. The first-order valence-corrected chi connectivity index (χ1v) is 16.2. The molecule has 5 heteroatoms. The van der Waals surface area contributed by atoms with Crippen molar-refractivity contribution in [1.29, 1.82) is 0 Å². The highest BCUT2D eigenvalue weighted by atomic mass is 79.9. The van der Waals surface area contributed by atoms with Gasteiger partial charge in [0.1, 0.15) is 5.82 Å². The maximum Gasteiger partial charge on any atom is 0.138 e. The second-order valence-corrected chi connectivity index (χ2v) is 12.9. The first-order chi connectivity index (χ1) is 21.7. The Balaban J connectivity index is 1.33. The van der Waals surface area contributed by atoms with Gasteiger partial charge in [0.15, 0.2) is 0 Å². The number of nitrogens with zero attached hydrogens (tertiary/aromatic N) is 3. The Kier molecular flexibility index (Phi) is 5.83. The molecule has 0 amide bonds. The summed E-state index contributed by atoms with van der Waals surface area (Å²) in [6.45, 7) is 0. The minimum atomic E-state index is 0.876. The van der Waals surface area contributed by atoms with Crippen LogP contribution in [0.4, 0.5) is 17.2 Å². The predicted octanol–water partition coefficient (Wildman–Crippen LogP) is 11.9. The third-order valence-corrected chi connectivity index (χ3v) is 10.5. The third kappa shape index (κ3) is 3.97. The molecule has 0 aliphatic heterocycles. The Morgan fingerprint density at radius 1 is 0.568 bits per heavy atom. The zero-order chi connectivity index (χ0) is 29.2. The van der Waals surface area contributed by atoms with Crippen LogP contribution < -0.4 is 4.90 Å². The molecule has 0 atom stereocenters. The number of benzene rings is 6. The molecule has 0 radical (unpaired) electrons. The van der Waals surface area contributed by atoms with Crippen molar-refractivity contribution in [3.05, 3.63) is 150 Å². The van der Waals surface area contributed by atoms with Crippen LogP contribution in [0.3, 0.4) is 0 Å². The highest BCUT2D eigenvalue weighted by Gasteiger charge is 2.20. The van der Waals surface area contributed by atoms with Crippen LogP contribution in [0, 0.1) is 0 Å². The van der Waals surface area contributed by atoms with Gasteiger partial charge in [-0.1, -0.05) is 72.8 Å². The summed E-state index contributed by atoms with van der Waals surface area (Å²) in [6.07, 6.45) is 0. The van der Waals surface area contributed by atoms with Gasteiger partial charge in [-0.25, -0.2) is 4.98 Å². The van der Waals surface area contributed by atoms with E-state index in [1.807, 2.05) is 17.4 Å². The van der Waals surface area contributed by atoms with Gasteiger partial charge in [0, 0.05) is 57.9 Å². The van der Waals surface area contributed by atoms with Crippen molar-refractivity contribution in [1.82, 2.24) is 9.55 Å². The van der Waals surface area contributed by atoms with Crippen LogP contribution >= 0.6 is 27.3 Å². The number of rotatable bonds is 4. The van der Waals surface area contributed by atoms with Gasteiger partial charge in [-0.15, -0.1) is 11.3 Å². The number of anilines is 3. The van der Waals surface area contributed by atoms with E-state index < -0.39 is 0 Å². The SMILES string of the molecule is Brc1cc(N(c2ccc3c(c2)c2ccccc2n3-c2ccccc2)c2ccc3ccccc3n2)cc2c1sc1ccccc12. The minimum absolute atomic E-state index is 0.876. The summed E-state index contributed by atoms with van der Waals surface area (Å²) in [4.78, 5) is 7.48. The lowest BCUT2D eigenvalue weighted by atomic mass is 10.1. The largest absolute Gasteiger partial charge is 0.309 e. The van der Waals surface area contributed by atoms with Crippen molar-refractivity contribution in [2.75, 3.05) is 4.90 Å². The van der Waals surface area contributed by atoms with Crippen LogP contribution in [-0.4, -0.2) is 9.55 Å². The van der Waals surface area contributed by atoms with E-state index in [0.29, 0.717) is 0 Å². The first-order valence-electron chi connectivity index (χ1n) is 14.6. The molecule has 208 valence electrons. The summed E-state index contributed by atoms with van der Waals surface area (Å²) < 4.78 is 5.97. The lowest BCUT2D eigenvalue weighted by Gasteiger charge is -2.25. The molecule has 0 N–H and O–H groups in total. The van der Waals surface area contributed by atoms with Crippen molar-refractivity contribution in [2.45, 2.75) is 0 Å². The van der Waals surface area contributed by atoms with Gasteiger partial charge in [0.05, 0.1) is 16.6 Å². The summed E-state index contributed by atoms with van der Waals surface area (Å²) in [5.74, 6) is 0.876. The quantitative estimate of drug-likeness (QED) is 0.190. The average Bonchev–Trinajstić information content (AvgIpc) is 3.61. The van der Waals surface area contributed by atoms with E-state index in [1.54, 1.807) is 0 Å². The Bertz CT molecular complexity index is 2530. The fourth-order valence-electron chi connectivity index (χ4n) is 6.45. The topological polar surface area (TPSA) is 21.1 Å². The molecule has 0 aliphatic rings. The smallest absolute Gasteiger partial charge is 0.138 e. The van der Waals surface area contributed by atoms with E-state index in [0.717, 1.165) is 38.3 Å². The number of aromatic nitrogens is 2. The molecule has 9 rings (SSSR count). The number of fused-ring (bicyclic) bond motifs is 7. The lowest BCUT2D eigenvalue weighted by Crippen LogP contribution is -2.11. The Hall–Kier alpha value is -4.97. The molecule has 3 aromatic heterocycles. The first kappa shape index (κ1) is 25.5. The zero-order valence-corrected chi connectivity index (χ0v) is 25.9. The molecule has 6 aromatic carbocycles. The van der Waals surface area contributed by atoms with E-state index in [-0.39, 0.29) is 0 Å². The maximum absolute atomic E-state index is 5.19. The Labute approximate surface area is 266 Å². The standard InChI is InChI=1S/C39H24BrN3S/c40-33-24-28(23-32-30-14-6-9-17-37(30)44-39(32)33)42(38-21-18-25-10-4-7-15-34(25)41-38)27-19-20-36-31(22-27)29-13-5-8-16-35(29)43(36)26-11-2-1-3-12-26/h1-24H. The van der Waals surface area contributed by atoms with E-state index in [2.05, 4.69) is 165 Å². The second-order valence-electron chi connectivity index (χ2n) is 11.0. The molecule has 0 spiro atoms. The van der Waals surface area contributed by atoms with Crippen molar-refractivity contribution < 1.29 is 0 Å². The Morgan fingerprint density at radius 3 is 2.20 bits per heavy atom. The maximum atomic E-state index is 5.19. The van der Waals surface area contributed by atoms with Crippen molar-refractivity contribution in [3.63, 3.8) is 0 Å². The molecule has 0 saturated carbocycles. The highest BCUT2D eigenvalue weighted by molar-refractivity contribution is 9.10. The molecule has 0 aliphatic carbocycles. The molecule has 9 aromatic rings. The fourth-order valence-corrected chi connectivity index (χ4v) is 8.23. The minimum Gasteiger partial charge on any atom is -0.309 e. The lowest BCUT2D eigenvalue weighted by molar-refractivity contribution is 1.18. The summed E-state index contributed by atoms with van der Waals surface area (Å²) in [6, 6.07) is 51.8. The average molecular weight is 647 g/mol. The number of pyridine rings is 1. The second kappa shape index (κ2) is 10.1. The zero-order valence-electron chi connectivity index (χ0n) is 23.5. The summed E-state index contributed by atoms with van der Waals surface area (Å²) in [5, 5.41) is 6.05. The molecule has 0 unspecified atom stereocenters. The summed E-state index contributed by atoms with van der Waals surface area (Å²) in [7, 11) is 0. The molecule has 3 heterocycles. The highest BCUT2D eigenvalue weighted by Crippen LogP contribution is 2.45. The number of para-hydroxylation sites is 3.